The number of aliphatic hydroxyl groups excluding tert-OH is 1. The van der Waals surface area contributed by atoms with Gasteiger partial charge in [0.15, 0.2) is 0 Å². The van der Waals surface area contributed by atoms with Gasteiger partial charge in [-0.25, -0.2) is 4.79 Å². The van der Waals surface area contributed by atoms with Crippen LogP contribution in [0.5, 0.6) is 0 Å². The molecule has 5 atom stereocenters. The number of aliphatic hydroxyl groups is 1. The highest BCUT2D eigenvalue weighted by Crippen LogP contribution is 2.08. The quantitative estimate of drug-likeness (QED) is 0.188. The lowest BCUT2D eigenvalue weighted by atomic mass is 10.0. The van der Waals surface area contributed by atoms with E-state index in [0.29, 0.717) is 11.3 Å². The number of nitrogens with two attached hydrogens (primary N) is 1. The summed E-state index contributed by atoms with van der Waals surface area (Å²) in [6.07, 6.45) is 1.08. The van der Waals surface area contributed by atoms with Crippen LogP contribution in [-0.2, 0) is 32.0 Å². The molecule has 0 aliphatic heterocycles. The Balaban J connectivity index is 2.08. The molecule has 2 aromatic rings. The van der Waals surface area contributed by atoms with E-state index in [-0.39, 0.29) is 19.3 Å². The molecule has 206 valence electrons. The van der Waals surface area contributed by atoms with Gasteiger partial charge in [0, 0.05) is 6.42 Å². The van der Waals surface area contributed by atoms with Gasteiger partial charge in [0.05, 0.1) is 12.1 Å². The van der Waals surface area contributed by atoms with Crippen LogP contribution < -0.4 is 21.7 Å². The smallest absolute Gasteiger partial charge is 0.326 e. The van der Waals surface area contributed by atoms with E-state index < -0.39 is 54.0 Å². The maximum atomic E-state index is 13.1. The van der Waals surface area contributed by atoms with Crippen LogP contribution in [0.1, 0.15) is 24.5 Å². The number of carbonyl (C=O) groups is 4. The summed E-state index contributed by atoms with van der Waals surface area (Å²) in [6, 6.07) is 13.4. The van der Waals surface area contributed by atoms with Gasteiger partial charge in [-0.1, -0.05) is 60.7 Å². The summed E-state index contributed by atoms with van der Waals surface area (Å²) in [5.74, 6) is -2.78. The van der Waals surface area contributed by atoms with Crippen molar-refractivity contribution in [3.05, 3.63) is 71.8 Å². The second-order valence-corrected chi connectivity index (χ2v) is 9.94. The zero-order chi connectivity index (χ0) is 28.1. The zero-order valence-corrected chi connectivity index (χ0v) is 22.3. The number of amides is 3. The first kappa shape index (κ1) is 30.8. The summed E-state index contributed by atoms with van der Waals surface area (Å²) >= 11 is 1.47. The third kappa shape index (κ3) is 10.2. The minimum atomic E-state index is -1.44. The van der Waals surface area contributed by atoms with Crippen LogP contribution in [-0.4, -0.2) is 76.2 Å². The van der Waals surface area contributed by atoms with Gasteiger partial charge in [-0.3, -0.25) is 14.4 Å². The van der Waals surface area contributed by atoms with E-state index in [0.717, 1.165) is 5.56 Å². The van der Waals surface area contributed by atoms with Gasteiger partial charge in [-0.2, -0.15) is 11.8 Å². The predicted molar refractivity (Wildman–Crippen MR) is 146 cm³/mol. The average Bonchev–Trinajstić information content (AvgIpc) is 2.89. The Bertz CT molecular complexity index is 1050. The van der Waals surface area contributed by atoms with Crippen molar-refractivity contribution in [1.82, 2.24) is 16.0 Å². The van der Waals surface area contributed by atoms with Gasteiger partial charge in [0.1, 0.15) is 18.1 Å². The van der Waals surface area contributed by atoms with Crippen molar-refractivity contribution in [2.45, 2.75) is 56.5 Å². The van der Waals surface area contributed by atoms with Crippen LogP contribution in [0.25, 0.3) is 0 Å². The van der Waals surface area contributed by atoms with Gasteiger partial charge in [0.2, 0.25) is 17.7 Å². The minimum absolute atomic E-state index is 0.0219. The summed E-state index contributed by atoms with van der Waals surface area (Å²) in [6.45, 7) is 1.31. The fraction of sp³-hybridized carbons (Fsp3) is 0.407. The Morgan fingerprint density at radius 3 is 1.84 bits per heavy atom. The lowest BCUT2D eigenvalue weighted by molar-refractivity contribution is -0.143. The second-order valence-electron chi connectivity index (χ2n) is 8.95. The molecule has 7 N–H and O–H groups in total. The summed E-state index contributed by atoms with van der Waals surface area (Å²) in [4.78, 5) is 50.6. The Kier molecular flexibility index (Phi) is 12.8. The number of hydrogen-bond donors (Lipinski definition) is 6. The van der Waals surface area contributed by atoms with E-state index >= 15 is 0 Å². The maximum absolute atomic E-state index is 13.1. The number of aliphatic carboxylic acids is 1. The molecular formula is C27H36N4O6S. The molecule has 3 amide bonds. The minimum Gasteiger partial charge on any atom is -0.480 e. The van der Waals surface area contributed by atoms with Gasteiger partial charge in [-0.05, 0) is 42.9 Å². The lowest BCUT2D eigenvalue weighted by Gasteiger charge is -2.26. The molecule has 2 rings (SSSR count). The average molecular weight is 545 g/mol. The standard InChI is InChI=1S/C27H36N4O6S/c1-17(32)23(26(35)30-22(27(36)37)16-19-11-7-4-8-12-19)31-25(34)21(13-14-38-2)29-24(33)20(28)15-18-9-5-3-6-10-18/h3-12,17,20-23,32H,13-16,28H2,1-2H3,(H,29,33)(H,30,35)(H,31,34)(H,36,37). The highest BCUT2D eigenvalue weighted by molar-refractivity contribution is 7.98. The summed E-state index contributed by atoms with van der Waals surface area (Å²) < 4.78 is 0. The number of carboxylic acid groups (broad SMARTS) is 1. The number of carbonyl (C=O) groups excluding carboxylic acids is 3. The molecule has 0 aromatic heterocycles. The van der Waals surface area contributed by atoms with Crippen LogP contribution >= 0.6 is 11.8 Å². The van der Waals surface area contributed by atoms with Gasteiger partial charge < -0.3 is 31.9 Å². The summed E-state index contributed by atoms with van der Waals surface area (Å²) in [5.41, 5.74) is 7.63. The second kappa shape index (κ2) is 15.8. The molecular weight excluding hydrogens is 508 g/mol. The van der Waals surface area contributed by atoms with Crippen molar-refractivity contribution in [1.29, 1.82) is 0 Å². The topological polar surface area (TPSA) is 171 Å². The third-order valence-electron chi connectivity index (χ3n) is 5.84. The van der Waals surface area contributed by atoms with E-state index in [1.807, 2.05) is 36.6 Å². The molecule has 10 nitrogen and oxygen atoms in total. The summed E-state index contributed by atoms with van der Waals surface area (Å²) in [5, 5.41) is 27.3. The number of thioether (sulfide) groups is 1. The largest absolute Gasteiger partial charge is 0.480 e. The molecule has 0 saturated heterocycles. The molecule has 0 heterocycles. The van der Waals surface area contributed by atoms with E-state index in [9.17, 15) is 29.4 Å². The van der Waals surface area contributed by atoms with E-state index in [1.54, 1.807) is 30.3 Å². The van der Waals surface area contributed by atoms with Gasteiger partial charge in [-0.15, -0.1) is 0 Å². The molecule has 5 unspecified atom stereocenters. The maximum Gasteiger partial charge on any atom is 0.326 e. The molecule has 0 radical (unpaired) electrons. The Hall–Kier alpha value is -3.41. The Morgan fingerprint density at radius 1 is 0.816 bits per heavy atom. The van der Waals surface area contributed by atoms with Crippen LogP contribution in [0.15, 0.2) is 60.7 Å². The van der Waals surface area contributed by atoms with Crippen LogP contribution in [0.4, 0.5) is 0 Å². The number of nitrogens with one attached hydrogen (secondary N) is 3. The highest BCUT2D eigenvalue weighted by atomic mass is 32.2. The number of benzene rings is 2. The predicted octanol–water partition coefficient (Wildman–Crippen LogP) is 0.472. The fourth-order valence-corrected chi connectivity index (χ4v) is 4.19. The van der Waals surface area contributed by atoms with Crippen molar-refractivity contribution >= 4 is 35.5 Å². The van der Waals surface area contributed by atoms with E-state index in [4.69, 9.17) is 5.73 Å². The molecule has 0 fully saturated rings. The summed E-state index contributed by atoms with van der Waals surface area (Å²) in [7, 11) is 0. The van der Waals surface area contributed by atoms with Crippen LogP contribution in [0, 0.1) is 0 Å². The fourth-order valence-electron chi connectivity index (χ4n) is 3.71. The van der Waals surface area contributed by atoms with Gasteiger partial charge in [0.25, 0.3) is 0 Å². The molecule has 11 heteroatoms. The van der Waals surface area contributed by atoms with Crippen molar-refractivity contribution in [2.24, 2.45) is 5.73 Å². The normalized spacial score (nSPS) is 14.8. The molecule has 0 bridgehead atoms. The molecule has 0 aliphatic rings. The number of hydrogen-bond acceptors (Lipinski definition) is 7. The van der Waals surface area contributed by atoms with E-state index in [2.05, 4.69) is 16.0 Å². The first-order chi connectivity index (χ1) is 18.1. The van der Waals surface area contributed by atoms with Crippen LogP contribution in [0.2, 0.25) is 0 Å². The van der Waals surface area contributed by atoms with Gasteiger partial charge >= 0.3 is 5.97 Å². The van der Waals surface area contributed by atoms with Crippen molar-refractivity contribution < 1.29 is 29.4 Å². The van der Waals surface area contributed by atoms with Crippen molar-refractivity contribution in [3.63, 3.8) is 0 Å². The number of carboxylic acids is 1. The zero-order valence-electron chi connectivity index (χ0n) is 21.5. The third-order valence-corrected chi connectivity index (χ3v) is 6.48. The van der Waals surface area contributed by atoms with Crippen LogP contribution in [0.3, 0.4) is 0 Å². The molecule has 38 heavy (non-hydrogen) atoms. The molecule has 2 aromatic carbocycles. The molecule has 0 spiro atoms. The monoisotopic (exact) mass is 544 g/mol. The highest BCUT2D eigenvalue weighted by Gasteiger charge is 2.32. The molecule has 0 saturated carbocycles. The van der Waals surface area contributed by atoms with Crippen molar-refractivity contribution in [2.75, 3.05) is 12.0 Å². The number of rotatable bonds is 15. The van der Waals surface area contributed by atoms with Crippen molar-refractivity contribution in [3.8, 4) is 0 Å². The SMILES string of the molecule is CSCCC(NC(=O)C(N)Cc1ccccc1)C(=O)NC(C(=O)NC(Cc1ccccc1)C(=O)O)C(C)O. The molecule has 0 aliphatic carbocycles. The lowest BCUT2D eigenvalue weighted by Crippen LogP contribution is -2.60. The Morgan fingerprint density at radius 2 is 1.34 bits per heavy atom. The first-order valence-corrected chi connectivity index (χ1v) is 13.7. The first-order valence-electron chi connectivity index (χ1n) is 12.3. The Labute approximate surface area is 226 Å². The van der Waals surface area contributed by atoms with E-state index in [1.165, 1.54) is 18.7 Å².